The zero-order valence-corrected chi connectivity index (χ0v) is 12.3. The van der Waals surface area contributed by atoms with Crippen LogP contribution in [0.2, 0.25) is 0 Å². The monoisotopic (exact) mass is 301 g/mol. The predicted octanol–water partition coefficient (Wildman–Crippen LogP) is 4.06. The number of hydrogen-bond donors (Lipinski definition) is 0. The molecule has 16 heavy (non-hydrogen) atoms. The van der Waals surface area contributed by atoms with Crippen LogP contribution in [0.4, 0.5) is 0 Å². The zero-order valence-electron chi connectivity index (χ0n) is 9.92. The van der Waals surface area contributed by atoms with Crippen LogP contribution in [0.15, 0.2) is 12.1 Å². The summed E-state index contributed by atoms with van der Waals surface area (Å²) in [4.78, 5) is 5.69. The number of nitrogens with zero attached hydrogens (tertiary/aromatic N) is 1. The van der Waals surface area contributed by atoms with Crippen molar-refractivity contribution in [3.8, 4) is 0 Å². The molecule has 1 aliphatic carbocycles. The van der Waals surface area contributed by atoms with Crippen molar-refractivity contribution in [2.75, 3.05) is 11.9 Å². The highest BCUT2D eigenvalue weighted by molar-refractivity contribution is 9.09. The van der Waals surface area contributed by atoms with Crippen LogP contribution in [0.3, 0.4) is 0 Å². The SMILES string of the molecule is CCc1ccc(CN(CCBr)C2CCC2)s1. The lowest BCUT2D eigenvalue weighted by Gasteiger charge is -2.37. The first kappa shape index (κ1) is 12.6. The largest absolute Gasteiger partial charge is 0.294 e. The molecule has 0 amide bonds. The molecule has 0 spiro atoms. The van der Waals surface area contributed by atoms with Gasteiger partial charge in [-0.05, 0) is 31.4 Å². The first-order valence-electron chi connectivity index (χ1n) is 6.21. The van der Waals surface area contributed by atoms with Crippen molar-refractivity contribution in [1.82, 2.24) is 4.90 Å². The summed E-state index contributed by atoms with van der Waals surface area (Å²) in [5.41, 5.74) is 0. The second-order valence-electron chi connectivity index (χ2n) is 4.47. The summed E-state index contributed by atoms with van der Waals surface area (Å²) in [6.07, 6.45) is 5.40. The van der Waals surface area contributed by atoms with E-state index in [0.29, 0.717) is 0 Å². The van der Waals surface area contributed by atoms with Crippen molar-refractivity contribution in [2.24, 2.45) is 0 Å². The summed E-state index contributed by atoms with van der Waals surface area (Å²) in [6.45, 7) is 4.57. The fourth-order valence-corrected chi connectivity index (χ4v) is 3.59. The van der Waals surface area contributed by atoms with Gasteiger partial charge in [0.15, 0.2) is 0 Å². The summed E-state index contributed by atoms with van der Waals surface area (Å²) < 4.78 is 0. The average molecular weight is 302 g/mol. The van der Waals surface area contributed by atoms with Crippen LogP contribution in [0, 0.1) is 0 Å². The maximum atomic E-state index is 3.57. The molecule has 0 aliphatic heterocycles. The number of alkyl halides is 1. The molecule has 0 atom stereocenters. The van der Waals surface area contributed by atoms with Crippen LogP contribution in [0.5, 0.6) is 0 Å². The van der Waals surface area contributed by atoms with Gasteiger partial charge in [-0.1, -0.05) is 29.3 Å². The fourth-order valence-electron chi connectivity index (χ4n) is 2.15. The third-order valence-corrected chi connectivity index (χ3v) is 4.96. The Kier molecular flexibility index (Phi) is 4.86. The molecule has 3 heteroatoms. The first-order chi connectivity index (χ1) is 7.83. The van der Waals surface area contributed by atoms with E-state index < -0.39 is 0 Å². The molecule has 0 bridgehead atoms. The molecule has 1 aliphatic rings. The first-order valence-corrected chi connectivity index (χ1v) is 8.15. The minimum absolute atomic E-state index is 0.852. The van der Waals surface area contributed by atoms with Crippen LogP contribution in [-0.2, 0) is 13.0 Å². The molecule has 1 nitrogen and oxygen atoms in total. The maximum Gasteiger partial charge on any atom is 0.0331 e. The number of thiophene rings is 1. The van der Waals surface area contributed by atoms with E-state index in [2.05, 4.69) is 39.9 Å². The van der Waals surface area contributed by atoms with Gasteiger partial charge in [-0.15, -0.1) is 11.3 Å². The van der Waals surface area contributed by atoms with E-state index in [-0.39, 0.29) is 0 Å². The molecule has 1 heterocycles. The molecule has 1 aromatic rings. The smallest absolute Gasteiger partial charge is 0.0331 e. The molecule has 1 aromatic heterocycles. The van der Waals surface area contributed by atoms with E-state index in [4.69, 9.17) is 0 Å². The van der Waals surface area contributed by atoms with E-state index in [1.807, 2.05) is 11.3 Å². The molecule has 0 unspecified atom stereocenters. The molecule has 0 N–H and O–H groups in total. The summed E-state index contributed by atoms with van der Waals surface area (Å²) in [6, 6.07) is 5.45. The minimum atomic E-state index is 0.852. The van der Waals surface area contributed by atoms with Crippen LogP contribution in [-0.4, -0.2) is 22.8 Å². The van der Waals surface area contributed by atoms with E-state index in [9.17, 15) is 0 Å². The average Bonchev–Trinajstić information content (AvgIpc) is 2.63. The Bertz CT molecular complexity index is 319. The topological polar surface area (TPSA) is 3.24 Å². The Morgan fingerprint density at radius 1 is 1.38 bits per heavy atom. The third kappa shape index (κ3) is 3.08. The molecule has 90 valence electrons. The Labute approximate surface area is 111 Å². The van der Waals surface area contributed by atoms with Gasteiger partial charge in [0.05, 0.1) is 0 Å². The van der Waals surface area contributed by atoms with Crippen molar-refractivity contribution in [3.63, 3.8) is 0 Å². The van der Waals surface area contributed by atoms with Crippen molar-refractivity contribution in [3.05, 3.63) is 21.9 Å². The summed E-state index contributed by atoms with van der Waals surface area (Å²) in [7, 11) is 0. The molecular weight excluding hydrogens is 282 g/mol. The van der Waals surface area contributed by atoms with Gasteiger partial charge < -0.3 is 0 Å². The number of halogens is 1. The Morgan fingerprint density at radius 3 is 2.62 bits per heavy atom. The van der Waals surface area contributed by atoms with Crippen LogP contribution < -0.4 is 0 Å². The van der Waals surface area contributed by atoms with Gasteiger partial charge in [-0.25, -0.2) is 0 Å². The van der Waals surface area contributed by atoms with Crippen LogP contribution in [0.25, 0.3) is 0 Å². The van der Waals surface area contributed by atoms with Crippen molar-refractivity contribution < 1.29 is 0 Å². The van der Waals surface area contributed by atoms with E-state index >= 15 is 0 Å². The van der Waals surface area contributed by atoms with Gasteiger partial charge in [-0.3, -0.25) is 4.90 Å². The van der Waals surface area contributed by atoms with E-state index in [0.717, 1.165) is 17.9 Å². The van der Waals surface area contributed by atoms with Gasteiger partial charge in [0.2, 0.25) is 0 Å². The van der Waals surface area contributed by atoms with Crippen LogP contribution >= 0.6 is 27.3 Å². The minimum Gasteiger partial charge on any atom is -0.294 e. The Hall–Kier alpha value is 0.140. The number of rotatable bonds is 6. The molecule has 1 saturated carbocycles. The quantitative estimate of drug-likeness (QED) is 0.716. The summed E-state index contributed by atoms with van der Waals surface area (Å²) >= 11 is 5.55. The number of hydrogen-bond acceptors (Lipinski definition) is 2. The molecule has 0 aromatic carbocycles. The lowest BCUT2D eigenvalue weighted by Crippen LogP contribution is -2.40. The van der Waals surface area contributed by atoms with Crippen molar-refractivity contribution in [1.29, 1.82) is 0 Å². The standard InChI is InChI=1S/C13H20BrNS/c1-2-12-6-7-13(16-12)10-15(9-8-14)11-4-3-5-11/h6-7,11H,2-5,8-10H2,1H3. The molecule has 0 radical (unpaired) electrons. The van der Waals surface area contributed by atoms with Gasteiger partial charge in [0.25, 0.3) is 0 Å². The summed E-state index contributed by atoms with van der Waals surface area (Å²) in [5.74, 6) is 0. The lowest BCUT2D eigenvalue weighted by atomic mass is 9.91. The second-order valence-corrected chi connectivity index (χ2v) is 6.51. The highest BCUT2D eigenvalue weighted by atomic mass is 79.9. The molecule has 2 rings (SSSR count). The number of aryl methyl sites for hydroxylation is 1. The van der Waals surface area contributed by atoms with Gasteiger partial charge >= 0.3 is 0 Å². The maximum absolute atomic E-state index is 3.57. The van der Waals surface area contributed by atoms with Gasteiger partial charge in [0, 0.05) is 34.2 Å². The highest BCUT2D eigenvalue weighted by Crippen LogP contribution is 2.28. The normalized spacial score (nSPS) is 16.7. The summed E-state index contributed by atoms with van der Waals surface area (Å²) in [5, 5.41) is 1.09. The Balaban J connectivity index is 1.93. The molecule has 1 fully saturated rings. The molecule has 0 saturated heterocycles. The molecular formula is C13H20BrNS. The second kappa shape index (κ2) is 6.18. The van der Waals surface area contributed by atoms with E-state index in [1.165, 1.54) is 42.0 Å². The zero-order chi connectivity index (χ0) is 11.4. The van der Waals surface area contributed by atoms with E-state index in [1.54, 1.807) is 0 Å². The van der Waals surface area contributed by atoms with Crippen LogP contribution in [0.1, 0.15) is 35.9 Å². The highest BCUT2D eigenvalue weighted by Gasteiger charge is 2.24. The fraction of sp³-hybridized carbons (Fsp3) is 0.692. The van der Waals surface area contributed by atoms with Crippen molar-refractivity contribution in [2.45, 2.75) is 45.2 Å². The Morgan fingerprint density at radius 2 is 2.12 bits per heavy atom. The predicted molar refractivity (Wildman–Crippen MR) is 75.5 cm³/mol. The van der Waals surface area contributed by atoms with Gasteiger partial charge in [0.1, 0.15) is 0 Å². The lowest BCUT2D eigenvalue weighted by molar-refractivity contribution is 0.129. The van der Waals surface area contributed by atoms with Gasteiger partial charge in [-0.2, -0.15) is 0 Å². The third-order valence-electron chi connectivity index (χ3n) is 3.39. The van der Waals surface area contributed by atoms with Crippen molar-refractivity contribution >= 4 is 27.3 Å².